The van der Waals surface area contributed by atoms with Crippen molar-refractivity contribution in [3.8, 4) is 5.75 Å². The molecule has 18 heavy (non-hydrogen) atoms. The van der Waals surface area contributed by atoms with E-state index in [1.54, 1.807) is 19.3 Å². The Morgan fingerprint density at radius 1 is 1.50 bits per heavy atom. The van der Waals surface area contributed by atoms with Crippen LogP contribution in [0.25, 0.3) is 0 Å². The zero-order valence-corrected chi connectivity index (χ0v) is 10.3. The molecule has 0 spiro atoms. The molecule has 98 valence electrons. The van der Waals surface area contributed by atoms with E-state index in [0.717, 1.165) is 13.1 Å². The lowest BCUT2D eigenvalue weighted by molar-refractivity contribution is 0.0396. The second kappa shape index (κ2) is 5.79. The van der Waals surface area contributed by atoms with E-state index in [1.165, 1.54) is 0 Å². The number of hydrazone groups is 1. The van der Waals surface area contributed by atoms with Gasteiger partial charge in [0.15, 0.2) is 0 Å². The van der Waals surface area contributed by atoms with Crippen LogP contribution in [0, 0.1) is 6.92 Å². The number of aryl methyl sites for hydroxylation is 1. The van der Waals surface area contributed by atoms with Crippen LogP contribution in [-0.2, 0) is 11.3 Å². The fourth-order valence-electron chi connectivity index (χ4n) is 1.73. The van der Waals surface area contributed by atoms with Crippen LogP contribution in [0.3, 0.4) is 0 Å². The molecule has 0 aliphatic carbocycles. The minimum Gasteiger partial charge on any atom is -0.505 e. The van der Waals surface area contributed by atoms with E-state index in [2.05, 4.69) is 10.1 Å². The van der Waals surface area contributed by atoms with Crippen molar-refractivity contribution in [3.63, 3.8) is 0 Å². The van der Waals surface area contributed by atoms with Gasteiger partial charge in [-0.1, -0.05) is 0 Å². The molecular formula is C12H17N3O3. The molecule has 0 saturated carbocycles. The van der Waals surface area contributed by atoms with Gasteiger partial charge in [0.25, 0.3) is 0 Å². The summed E-state index contributed by atoms with van der Waals surface area (Å²) in [5.41, 5.74) is 1.61. The summed E-state index contributed by atoms with van der Waals surface area (Å²) in [6.45, 7) is 4.32. The van der Waals surface area contributed by atoms with E-state index >= 15 is 0 Å². The van der Waals surface area contributed by atoms with Crippen molar-refractivity contribution in [2.45, 2.75) is 13.5 Å². The van der Waals surface area contributed by atoms with E-state index in [9.17, 15) is 10.2 Å². The summed E-state index contributed by atoms with van der Waals surface area (Å²) in [7, 11) is 0. The van der Waals surface area contributed by atoms with Gasteiger partial charge < -0.3 is 14.9 Å². The first-order valence-corrected chi connectivity index (χ1v) is 5.87. The van der Waals surface area contributed by atoms with Crippen molar-refractivity contribution in [1.82, 2.24) is 9.99 Å². The molecule has 1 aromatic rings. The number of aromatic hydroxyl groups is 1. The quantitative estimate of drug-likeness (QED) is 0.753. The number of ether oxygens (including phenoxy) is 1. The Labute approximate surface area is 106 Å². The van der Waals surface area contributed by atoms with Crippen LogP contribution in [0.4, 0.5) is 0 Å². The molecule has 0 amide bonds. The van der Waals surface area contributed by atoms with Crippen molar-refractivity contribution in [2.75, 3.05) is 26.3 Å². The highest BCUT2D eigenvalue weighted by Gasteiger charge is 2.11. The third-order valence-corrected chi connectivity index (χ3v) is 2.87. The third kappa shape index (κ3) is 2.77. The van der Waals surface area contributed by atoms with Gasteiger partial charge in [-0.3, -0.25) is 9.99 Å². The summed E-state index contributed by atoms with van der Waals surface area (Å²) in [5.74, 6) is 0.0681. The molecule has 0 radical (unpaired) electrons. The van der Waals surface area contributed by atoms with Crippen molar-refractivity contribution < 1.29 is 14.9 Å². The summed E-state index contributed by atoms with van der Waals surface area (Å²) in [5, 5.41) is 25.3. The Morgan fingerprint density at radius 3 is 2.89 bits per heavy atom. The maximum absolute atomic E-state index is 9.93. The Hall–Kier alpha value is -1.66. The molecule has 1 aliphatic rings. The first-order valence-electron chi connectivity index (χ1n) is 5.87. The van der Waals surface area contributed by atoms with Gasteiger partial charge in [-0.05, 0) is 6.92 Å². The summed E-state index contributed by atoms with van der Waals surface area (Å²) < 4.78 is 5.22. The van der Waals surface area contributed by atoms with Crippen molar-refractivity contribution in [2.24, 2.45) is 5.10 Å². The van der Waals surface area contributed by atoms with Gasteiger partial charge in [0.1, 0.15) is 5.75 Å². The maximum Gasteiger partial charge on any atom is 0.145 e. The number of morpholine rings is 1. The molecule has 1 aromatic heterocycles. The minimum absolute atomic E-state index is 0.0681. The van der Waals surface area contributed by atoms with Crippen LogP contribution in [-0.4, -0.2) is 52.7 Å². The predicted molar refractivity (Wildman–Crippen MR) is 66.5 cm³/mol. The number of hydrogen-bond donors (Lipinski definition) is 2. The summed E-state index contributed by atoms with van der Waals surface area (Å²) in [4.78, 5) is 4.00. The van der Waals surface area contributed by atoms with Crippen molar-refractivity contribution in [3.05, 3.63) is 23.0 Å². The lowest BCUT2D eigenvalue weighted by Crippen LogP contribution is -2.32. The van der Waals surface area contributed by atoms with Crippen LogP contribution >= 0.6 is 0 Å². The van der Waals surface area contributed by atoms with Crippen LogP contribution in [0.5, 0.6) is 5.75 Å². The van der Waals surface area contributed by atoms with E-state index < -0.39 is 0 Å². The molecule has 1 saturated heterocycles. The molecule has 0 atom stereocenters. The Kier molecular flexibility index (Phi) is 4.11. The van der Waals surface area contributed by atoms with Gasteiger partial charge in [0, 0.05) is 17.3 Å². The molecule has 2 N–H and O–H groups in total. The van der Waals surface area contributed by atoms with E-state index in [4.69, 9.17) is 4.74 Å². The summed E-state index contributed by atoms with van der Waals surface area (Å²) >= 11 is 0. The SMILES string of the molecule is Cc1ncc(CO)c(/C=N/N2CCOCC2)c1O. The zero-order valence-electron chi connectivity index (χ0n) is 10.3. The topological polar surface area (TPSA) is 78.2 Å². The number of aliphatic hydroxyl groups excluding tert-OH is 1. The van der Waals surface area contributed by atoms with Crippen molar-refractivity contribution in [1.29, 1.82) is 0 Å². The lowest BCUT2D eigenvalue weighted by Gasteiger charge is -2.23. The number of aliphatic hydroxyl groups is 1. The zero-order chi connectivity index (χ0) is 13.0. The highest BCUT2D eigenvalue weighted by atomic mass is 16.5. The number of nitrogens with zero attached hydrogens (tertiary/aromatic N) is 3. The Bertz CT molecular complexity index is 442. The second-order valence-corrected chi connectivity index (χ2v) is 4.10. The van der Waals surface area contributed by atoms with E-state index in [-0.39, 0.29) is 12.4 Å². The average molecular weight is 251 g/mol. The van der Waals surface area contributed by atoms with Gasteiger partial charge in [-0.25, -0.2) is 0 Å². The fraction of sp³-hybridized carbons (Fsp3) is 0.500. The van der Waals surface area contributed by atoms with E-state index in [1.807, 2.05) is 5.01 Å². The van der Waals surface area contributed by atoms with Crippen LogP contribution in [0.1, 0.15) is 16.8 Å². The second-order valence-electron chi connectivity index (χ2n) is 4.10. The predicted octanol–water partition coefficient (Wildman–Crippen LogP) is 0.254. The smallest absolute Gasteiger partial charge is 0.145 e. The molecule has 0 unspecified atom stereocenters. The van der Waals surface area contributed by atoms with Gasteiger partial charge in [-0.2, -0.15) is 5.10 Å². The van der Waals surface area contributed by atoms with Gasteiger partial charge >= 0.3 is 0 Å². The molecule has 0 bridgehead atoms. The fourth-order valence-corrected chi connectivity index (χ4v) is 1.73. The monoisotopic (exact) mass is 251 g/mol. The normalized spacial score (nSPS) is 16.4. The molecule has 0 aromatic carbocycles. The summed E-state index contributed by atoms with van der Waals surface area (Å²) in [6, 6.07) is 0. The van der Waals surface area contributed by atoms with Gasteiger partial charge in [-0.15, -0.1) is 0 Å². The molecule has 6 nitrogen and oxygen atoms in total. The molecular weight excluding hydrogens is 234 g/mol. The molecule has 2 heterocycles. The lowest BCUT2D eigenvalue weighted by atomic mass is 10.1. The standard InChI is InChI=1S/C12H17N3O3/c1-9-12(17)11(10(8-16)6-13-9)7-14-15-2-4-18-5-3-15/h6-7,16-17H,2-5,8H2,1H3/b14-7+. The Morgan fingerprint density at radius 2 is 2.22 bits per heavy atom. The van der Waals surface area contributed by atoms with Gasteiger partial charge in [0.2, 0.25) is 0 Å². The minimum atomic E-state index is -0.175. The van der Waals surface area contributed by atoms with Crippen LogP contribution < -0.4 is 0 Å². The maximum atomic E-state index is 9.93. The van der Waals surface area contributed by atoms with Crippen LogP contribution in [0.15, 0.2) is 11.3 Å². The molecule has 6 heteroatoms. The number of aromatic nitrogens is 1. The first kappa shape index (κ1) is 12.8. The van der Waals surface area contributed by atoms with Crippen molar-refractivity contribution >= 4 is 6.21 Å². The number of hydrogen-bond acceptors (Lipinski definition) is 6. The largest absolute Gasteiger partial charge is 0.505 e. The van der Waals surface area contributed by atoms with E-state index in [0.29, 0.717) is 30.0 Å². The Balaban J connectivity index is 2.21. The molecule has 1 aliphatic heterocycles. The third-order valence-electron chi connectivity index (χ3n) is 2.87. The average Bonchev–Trinajstić information content (AvgIpc) is 2.41. The first-order chi connectivity index (χ1) is 8.72. The molecule has 2 rings (SSSR count). The highest BCUT2D eigenvalue weighted by molar-refractivity contribution is 5.85. The number of pyridine rings is 1. The molecule has 1 fully saturated rings. The van der Waals surface area contributed by atoms with Gasteiger partial charge in [0.05, 0.1) is 44.8 Å². The van der Waals surface area contributed by atoms with Crippen LogP contribution in [0.2, 0.25) is 0 Å². The summed E-state index contributed by atoms with van der Waals surface area (Å²) in [6.07, 6.45) is 3.12. The highest BCUT2D eigenvalue weighted by Crippen LogP contribution is 2.22. The number of rotatable bonds is 3.